The van der Waals surface area contributed by atoms with Gasteiger partial charge in [-0.05, 0) is 56.9 Å². The van der Waals surface area contributed by atoms with Crippen molar-refractivity contribution in [2.75, 3.05) is 30.5 Å². The minimum absolute atomic E-state index is 0.184. The first-order valence-corrected chi connectivity index (χ1v) is 13.1. The molecule has 0 saturated carbocycles. The Morgan fingerprint density at radius 2 is 1.71 bits per heavy atom. The molecule has 0 unspecified atom stereocenters. The van der Waals surface area contributed by atoms with E-state index in [4.69, 9.17) is 9.47 Å². The normalized spacial score (nSPS) is 13.4. The van der Waals surface area contributed by atoms with Crippen LogP contribution in [0.1, 0.15) is 54.9 Å². The highest BCUT2D eigenvalue weighted by molar-refractivity contribution is 7.98. The van der Waals surface area contributed by atoms with Crippen molar-refractivity contribution in [2.24, 2.45) is 0 Å². The molecule has 0 aliphatic carbocycles. The van der Waals surface area contributed by atoms with E-state index in [9.17, 15) is 24.0 Å². The largest absolute Gasteiger partial charge is 0.462 e. The predicted octanol–water partition coefficient (Wildman–Crippen LogP) is 3.44. The summed E-state index contributed by atoms with van der Waals surface area (Å²) in [5, 5.41) is 2.90. The number of carbonyl (C=O) groups is 5. The number of anilines is 1. The van der Waals surface area contributed by atoms with Crippen molar-refractivity contribution in [3.05, 3.63) is 51.4 Å². The maximum Gasteiger partial charge on any atom is 0.341 e. The zero-order chi connectivity index (χ0) is 25.7. The fourth-order valence-electron chi connectivity index (χ4n) is 3.63. The van der Waals surface area contributed by atoms with Gasteiger partial charge < -0.3 is 14.8 Å². The van der Waals surface area contributed by atoms with Crippen LogP contribution in [0, 0.1) is 13.8 Å². The van der Waals surface area contributed by atoms with Gasteiger partial charge in [0.05, 0.1) is 23.3 Å². The van der Waals surface area contributed by atoms with E-state index in [1.807, 2.05) is 13.2 Å². The van der Waals surface area contributed by atoms with E-state index < -0.39 is 42.3 Å². The molecular formula is C24H26N2O7S2. The molecule has 0 saturated heterocycles. The SMILES string of the molecule is CCOC(=O)c1c(NC(=O)COC(=O)[C@@H](CCSC)N2C(=O)c3ccccc3C2=O)sc(C)c1C. The predicted molar refractivity (Wildman–Crippen MR) is 133 cm³/mol. The lowest BCUT2D eigenvalue weighted by molar-refractivity contribution is -0.151. The summed E-state index contributed by atoms with van der Waals surface area (Å²) in [6.45, 7) is 4.80. The van der Waals surface area contributed by atoms with E-state index in [-0.39, 0.29) is 29.7 Å². The average Bonchev–Trinajstić information content (AvgIpc) is 3.25. The van der Waals surface area contributed by atoms with Gasteiger partial charge in [0.2, 0.25) is 0 Å². The zero-order valence-electron chi connectivity index (χ0n) is 19.8. The molecule has 11 heteroatoms. The van der Waals surface area contributed by atoms with E-state index >= 15 is 0 Å². The Balaban J connectivity index is 1.71. The highest BCUT2D eigenvalue weighted by Gasteiger charge is 2.43. The Bertz CT molecular complexity index is 1140. The summed E-state index contributed by atoms with van der Waals surface area (Å²) in [5.74, 6) is -2.70. The first kappa shape index (κ1) is 26.4. The Labute approximate surface area is 211 Å². The minimum atomic E-state index is -1.16. The Morgan fingerprint density at radius 3 is 2.29 bits per heavy atom. The molecule has 1 atom stereocenters. The van der Waals surface area contributed by atoms with Crippen molar-refractivity contribution in [3.63, 3.8) is 0 Å². The number of fused-ring (bicyclic) bond motifs is 1. The number of rotatable bonds is 10. The molecule has 0 fully saturated rings. The van der Waals surface area contributed by atoms with Gasteiger partial charge in [-0.15, -0.1) is 11.3 Å². The van der Waals surface area contributed by atoms with Crippen LogP contribution in [-0.2, 0) is 19.1 Å². The number of hydrogen-bond acceptors (Lipinski definition) is 9. The van der Waals surface area contributed by atoms with E-state index in [1.165, 1.54) is 35.2 Å². The lowest BCUT2D eigenvalue weighted by Gasteiger charge is -2.24. The van der Waals surface area contributed by atoms with Crippen molar-refractivity contribution >= 4 is 57.8 Å². The van der Waals surface area contributed by atoms with E-state index in [2.05, 4.69) is 5.32 Å². The number of nitrogens with one attached hydrogen (secondary N) is 1. The first-order chi connectivity index (χ1) is 16.7. The third-order valence-electron chi connectivity index (χ3n) is 5.47. The van der Waals surface area contributed by atoms with Crippen LogP contribution in [0.2, 0.25) is 0 Å². The Hall–Kier alpha value is -3.18. The van der Waals surface area contributed by atoms with Gasteiger partial charge in [-0.25, -0.2) is 9.59 Å². The first-order valence-electron chi connectivity index (χ1n) is 10.9. The summed E-state index contributed by atoms with van der Waals surface area (Å²) in [4.78, 5) is 65.2. The molecule has 35 heavy (non-hydrogen) atoms. The van der Waals surface area contributed by atoms with Crippen LogP contribution in [0.15, 0.2) is 24.3 Å². The van der Waals surface area contributed by atoms with Crippen LogP contribution in [0.3, 0.4) is 0 Å². The second kappa shape index (κ2) is 11.5. The number of esters is 2. The van der Waals surface area contributed by atoms with Crippen LogP contribution in [-0.4, -0.2) is 65.8 Å². The lowest BCUT2D eigenvalue weighted by atomic mass is 10.1. The molecule has 0 bridgehead atoms. The quantitative estimate of drug-likeness (QED) is 0.375. The van der Waals surface area contributed by atoms with Gasteiger partial charge in [0.25, 0.3) is 17.7 Å². The van der Waals surface area contributed by atoms with Gasteiger partial charge in [-0.3, -0.25) is 19.3 Å². The van der Waals surface area contributed by atoms with Gasteiger partial charge >= 0.3 is 11.9 Å². The van der Waals surface area contributed by atoms with Crippen molar-refractivity contribution in [1.82, 2.24) is 4.90 Å². The van der Waals surface area contributed by atoms with E-state index in [0.717, 1.165) is 9.78 Å². The van der Waals surface area contributed by atoms with Gasteiger partial charge in [-0.2, -0.15) is 11.8 Å². The molecular weight excluding hydrogens is 492 g/mol. The number of amides is 3. The second-order valence-electron chi connectivity index (χ2n) is 7.69. The maximum absolute atomic E-state index is 12.9. The number of carbonyl (C=O) groups excluding carboxylic acids is 5. The summed E-state index contributed by atoms with van der Waals surface area (Å²) in [5.41, 5.74) is 1.42. The van der Waals surface area contributed by atoms with Crippen LogP contribution in [0.25, 0.3) is 0 Å². The van der Waals surface area contributed by atoms with Crippen LogP contribution in [0.5, 0.6) is 0 Å². The van der Waals surface area contributed by atoms with Crippen LogP contribution >= 0.6 is 23.1 Å². The molecule has 0 radical (unpaired) electrons. The average molecular weight is 519 g/mol. The van der Waals surface area contributed by atoms with Gasteiger partial charge in [0, 0.05) is 4.88 Å². The molecule has 1 N–H and O–H groups in total. The standard InChI is InChI=1S/C24H26N2O7S2/c1-5-32-24(31)19-13(2)14(3)35-20(19)25-18(27)12-33-23(30)17(10-11-34-4)26-21(28)15-8-6-7-9-16(15)22(26)29/h6-9,17H,5,10-12H2,1-4H3,(H,25,27)/t17-/m1/s1. The molecule has 3 amide bonds. The van der Waals surface area contributed by atoms with E-state index in [1.54, 1.807) is 26.0 Å². The molecule has 0 spiro atoms. The third kappa shape index (κ3) is 5.57. The van der Waals surface area contributed by atoms with Crippen molar-refractivity contribution in [3.8, 4) is 0 Å². The zero-order valence-corrected chi connectivity index (χ0v) is 21.5. The summed E-state index contributed by atoms with van der Waals surface area (Å²) in [6, 6.07) is 5.19. The van der Waals surface area contributed by atoms with Crippen LogP contribution in [0.4, 0.5) is 5.00 Å². The molecule has 1 aromatic carbocycles. The summed E-state index contributed by atoms with van der Waals surface area (Å²) >= 11 is 2.67. The molecule has 3 rings (SSSR count). The minimum Gasteiger partial charge on any atom is -0.462 e. The van der Waals surface area contributed by atoms with E-state index in [0.29, 0.717) is 16.3 Å². The second-order valence-corrected chi connectivity index (χ2v) is 9.90. The number of thiophene rings is 1. The number of benzene rings is 1. The molecule has 1 aliphatic heterocycles. The number of thioether (sulfide) groups is 1. The monoisotopic (exact) mass is 518 g/mol. The topological polar surface area (TPSA) is 119 Å². The number of aryl methyl sites for hydroxylation is 1. The number of imide groups is 1. The molecule has 2 aromatic rings. The number of hydrogen-bond donors (Lipinski definition) is 1. The maximum atomic E-state index is 12.9. The molecule has 9 nitrogen and oxygen atoms in total. The van der Waals surface area contributed by atoms with Crippen molar-refractivity contribution < 1.29 is 33.4 Å². The third-order valence-corrected chi connectivity index (χ3v) is 7.23. The van der Waals surface area contributed by atoms with Gasteiger partial charge in [0.15, 0.2) is 6.61 Å². The number of ether oxygens (including phenoxy) is 2. The van der Waals surface area contributed by atoms with Gasteiger partial charge in [-0.1, -0.05) is 12.1 Å². The highest BCUT2D eigenvalue weighted by atomic mass is 32.2. The molecule has 186 valence electrons. The summed E-state index contributed by atoms with van der Waals surface area (Å²) in [6.07, 6.45) is 2.02. The Kier molecular flexibility index (Phi) is 8.68. The molecule has 1 aromatic heterocycles. The molecule has 1 aliphatic rings. The molecule has 2 heterocycles. The summed E-state index contributed by atoms with van der Waals surface area (Å²) < 4.78 is 10.3. The lowest BCUT2D eigenvalue weighted by Crippen LogP contribution is -2.46. The smallest absolute Gasteiger partial charge is 0.341 e. The summed E-state index contributed by atoms with van der Waals surface area (Å²) in [7, 11) is 0. The highest BCUT2D eigenvalue weighted by Crippen LogP contribution is 2.33. The van der Waals surface area contributed by atoms with Crippen molar-refractivity contribution in [1.29, 1.82) is 0 Å². The van der Waals surface area contributed by atoms with Crippen molar-refractivity contribution in [2.45, 2.75) is 33.2 Å². The van der Waals surface area contributed by atoms with Gasteiger partial charge in [0.1, 0.15) is 11.0 Å². The fraction of sp³-hybridized carbons (Fsp3) is 0.375. The van der Waals surface area contributed by atoms with Crippen LogP contribution < -0.4 is 5.32 Å². The number of nitrogens with zero attached hydrogens (tertiary/aromatic N) is 1. The fourth-order valence-corrected chi connectivity index (χ4v) is 5.16. The Morgan fingerprint density at radius 1 is 1.09 bits per heavy atom.